The lowest BCUT2D eigenvalue weighted by molar-refractivity contribution is 0.326. The van der Waals surface area contributed by atoms with E-state index in [0.717, 1.165) is 65.5 Å². The molecule has 0 amide bonds. The van der Waals surface area contributed by atoms with Crippen LogP contribution in [0.15, 0.2) is 60.6 Å². The SMILES string of the molecule is C1=C2NC2c2[nH]c(-c3n[nH]c4ccc(-c5cncc(CNCC6CCCC6)c5)cc34)cc2C(N2CCCCC2)=C1. The predicted molar refractivity (Wildman–Crippen MR) is 160 cm³/mol. The van der Waals surface area contributed by atoms with Gasteiger partial charge in [-0.1, -0.05) is 18.9 Å². The Morgan fingerprint density at radius 3 is 2.73 bits per heavy atom. The van der Waals surface area contributed by atoms with Gasteiger partial charge >= 0.3 is 0 Å². The minimum absolute atomic E-state index is 0.277. The molecule has 4 aromatic rings. The maximum atomic E-state index is 4.79. The van der Waals surface area contributed by atoms with Crippen LogP contribution in [0, 0.1) is 5.92 Å². The molecule has 2 saturated heterocycles. The van der Waals surface area contributed by atoms with Crippen molar-refractivity contribution in [3.63, 3.8) is 0 Å². The third-order valence-electron chi connectivity index (χ3n) is 9.25. The molecule has 7 heteroatoms. The van der Waals surface area contributed by atoms with E-state index < -0.39 is 0 Å². The molecule has 8 rings (SSSR count). The molecule has 204 valence electrons. The zero-order valence-corrected chi connectivity index (χ0v) is 23.0. The Morgan fingerprint density at radius 1 is 0.925 bits per heavy atom. The first kappa shape index (κ1) is 24.0. The summed E-state index contributed by atoms with van der Waals surface area (Å²) in [6.07, 6.45) is 17.9. The predicted octanol–water partition coefficient (Wildman–Crippen LogP) is 6.27. The van der Waals surface area contributed by atoms with Gasteiger partial charge in [-0.15, -0.1) is 0 Å². The standard InChI is InChI=1S/C33H37N7/c1-4-12-40(13-5-1)30-11-10-28-33(36-28)32-26(30)16-29(37-32)31-25-15-23(8-9-27(25)38-39-31)24-14-22(19-35-20-24)18-34-17-21-6-2-3-7-21/h8-11,14-16,19-21,33-34,36-37H,1-7,12-13,17-18H2,(H,38,39). The third-order valence-corrected chi connectivity index (χ3v) is 9.25. The molecular weight excluding hydrogens is 494 g/mol. The van der Waals surface area contributed by atoms with Crippen molar-refractivity contribution in [2.45, 2.75) is 57.5 Å². The number of hydrogen-bond donors (Lipinski definition) is 4. The fourth-order valence-electron chi connectivity index (χ4n) is 6.98. The highest BCUT2D eigenvalue weighted by molar-refractivity contribution is 5.95. The van der Waals surface area contributed by atoms with Gasteiger partial charge in [-0.2, -0.15) is 5.10 Å². The van der Waals surface area contributed by atoms with Crippen molar-refractivity contribution in [3.8, 4) is 22.5 Å². The Morgan fingerprint density at radius 2 is 1.82 bits per heavy atom. The molecule has 0 spiro atoms. The van der Waals surface area contributed by atoms with Gasteiger partial charge in [0.05, 0.1) is 16.9 Å². The molecule has 0 bridgehead atoms. The number of benzene rings is 1. The molecule has 1 saturated carbocycles. The Balaban J connectivity index is 1.09. The summed E-state index contributed by atoms with van der Waals surface area (Å²) in [5.41, 5.74) is 11.8. The molecule has 0 radical (unpaired) electrons. The summed E-state index contributed by atoms with van der Waals surface area (Å²) in [6, 6.07) is 11.4. The quantitative estimate of drug-likeness (QED) is 0.211. The van der Waals surface area contributed by atoms with E-state index in [-0.39, 0.29) is 6.04 Å². The summed E-state index contributed by atoms with van der Waals surface area (Å²) >= 11 is 0. The second-order valence-corrected chi connectivity index (χ2v) is 12.0. The lowest BCUT2D eigenvalue weighted by atomic mass is 10.0. The van der Waals surface area contributed by atoms with Crippen LogP contribution in [0.25, 0.3) is 39.1 Å². The first-order valence-corrected chi connectivity index (χ1v) is 15.1. The lowest BCUT2D eigenvalue weighted by Crippen LogP contribution is -2.28. The Bertz CT molecular complexity index is 1610. The van der Waals surface area contributed by atoms with Crippen LogP contribution >= 0.6 is 0 Å². The maximum Gasteiger partial charge on any atom is 0.116 e. The van der Waals surface area contributed by atoms with Gasteiger partial charge in [0.2, 0.25) is 0 Å². The van der Waals surface area contributed by atoms with Crippen molar-refractivity contribution < 1.29 is 0 Å². The average Bonchev–Trinajstić information content (AvgIpc) is 3.31. The number of aromatic amines is 2. The summed E-state index contributed by atoms with van der Waals surface area (Å²) in [5, 5.41) is 16.4. The molecule has 5 heterocycles. The van der Waals surface area contributed by atoms with E-state index in [2.05, 4.69) is 73.1 Å². The zero-order chi connectivity index (χ0) is 26.5. The van der Waals surface area contributed by atoms with Crippen LogP contribution in [0.3, 0.4) is 0 Å². The van der Waals surface area contributed by atoms with E-state index in [9.17, 15) is 0 Å². The van der Waals surface area contributed by atoms with E-state index in [1.54, 1.807) is 0 Å². The van der Waals surface area contributed by atoms with Gasteiger partial charge in [0, 0.05) is 59.9 Å². The molecule has 4 N–H and O–H groups in total. The lowest BCUT2D eigenvalue weighted by Gasteiger charge is -2.31. The minimum Gasteiger partial charge on any atom is -0.373 e. The number of rotatable bonds is 7. The van der Waals surface area contributed by atoms with Crippen molar-refractivity contribution >= 4 is 16.6 Å². The molecule has 4 aliphatic rings. The monoisotopic (exact) mass is 531 g/mol. The summed E-state index contributed by atoms with van der Waals surface area (Å²) in [7, 11) is 0. The third kappa shape index (κ3) is 4.42. The molecule has 40 heavy (non-hydrogen) atoms. The van der Waals surface area contributed by atoms with E-state index in [4.69, 9.17) is 5.10 Å². The van der Waals surface area contributed by atoms with Crippen LogP contribution in [0.2, 0.25) is 0 Å². The van der Waals surface area contributed by atoms with Gasteiger partial charge in [-0.05, 0) is 92.1 Å². The highest BCUT2D eigenvalue weighted by Crippen LogP contribution is 2.43. The van der Waals surface area contributed by atoms with E-state index in [1.807, 2.05) is 12.4 Å². The molecule has 1 aromatic carbocycles. The maximum absolute atomic E-state index is 4.79. The smallest absolute Gasteiger partial charge is 0.116 e. The topological polar surface area (TPSA) is 94.6 Å². The van der Waals surface area contributed by atoms with E-state index >= 15 is 0 Å². The van der Waals surface area contributed by atoms with Crippen LogP contribution in [-0.4, -0.2) is 44.7 Å². The van der Waals surface area contributed by atoms with Crippen molar-refractivity contribution in [1.29, 1.82) is 0 Å². The van der Waals surface area contributed by atoms with Gasteiger partial charge < -0.3 is 20.5 Å². The van der Waals surface area contributed by atoms with Gasteiger partial charge in [0.25, 0.3) is 0 Å². The number of allylic oxidation sites excluding steroid dienone is 2. The summed E-state index contributed by atoms with van der Waals surface area (Å²) in [4.78, 5) is 10.9. The Kier molecular flexibility index (Phi) is 5.98. The molecule has 3 aromatic heterocycles. The molecule has 1 atom stereocenters. The number of fused-ring (bicyclic) bond motifs is 4. The van der Waals surface area contributed by atoms with Crippen LogP contribution in [0.5, 0.6) is 0 Å². The molecular formula is C33H37N7. The zero-order valence-electron chi connectivity index (χ0n) is 23.0. The second kappa shape index (κ2) is 9.97. The molecule has 7 nitrogen and oxygen atoms in total. The average molecular weight is 532 g/mol. The number of nitrogens with zero attached hydrogens (tertiary/aromatic N) is 3. The number of piperidine rings is 1. The summed E-state index contributed by atoms with van der Waals surface area (Å²) in [5.74, 6) is 0.839. The first-order chi connectivity index (χ1) is 19.8. The molecule has 2 aliphatic carbocycles. The number of nitrogens with one attached hydrogen (secondary N) is 4. The number of hydrogen-bond acceptors (Lipinski definition) is 5. The van der Waals surface area contributed by atoms with Crippen LogP contribution in [0.4, 0.5) is 0 Å². The fraction of sp³-hybridized carbons (Fsp3) is 0.394. The van der Waals surface area contributed by atoms with Gasteiger partial charge in [-0.25, -0.2) is 0 Å². The Labute approximate surface area is 235 Å². The first-order valence-electron chi connectivity index (χ1n) is 15.1. The van der Waals surface area contributed by atoms with Gasteiger partial charge in [0.15, 0.2) is 0 Å². The second-order valence-electron chi connectivity index (χ2n) is 12.0. The highest BCUT2D eigenvalue weighted by Gasteiger charge is 2.37. The number of aromatic nitrogens is 4. The van der Waals surface area contributed by atoms with E-state index in [0.29, 0.717) is 0 Å². The largest absolute Gasteiger partial charge is 0.373 e. The summed E-state index contributed by atoms with van der Waals surface area (Å²) < 4.78 is 0. The van der Waals surface area contributed by atoms with E-state index in [1.165, 1.54) is 73.2 Å². The molecule has 2 aliphatic heterocycles. The molecule has 3 fully saturated rings. The van der Waals surface area contributed by atoms with Crippen LogP contribution < -0.4 is 10.6 Å². The van der Waals surface area contributed by atoms with Crippen molar-refractivity contribution in [1.82, 2.24) is 35.7 Å². The highest BCUT2D eigenvalue weighted by atomic mass is 15.2. The van der Waals surface area contributed by atoms with Gasteiger partial charge in [0.1, 0.15) is 11.7 Å². The van der Waals surface area contributed by atoms with Crippen molar-refractivity contribution in [3.05, 3.63) is 77.4 Å². The Hall–Kier alpha value is -3.84. The van der Waals surface area contributed by atoms with Gasteiger partial charge in [-0.3, -0.25) is 10.1 Å². The number of pyridine rings is 1. The number of H-pyrrole nitrogens is 2. The van der Waals surface area contributed by atoms with Crippen molar-refractivity contribution in [2.24, 2.45) is 5.92 Å². The fourth-order valence-corrected chi connectivity index (χ4v) is 6.98. The van der Waals surface area contributed by atoms with Crippen LogP contribution in [0.1, 0.15) is 67.8 Å². The normalized spacial score (nSPS) is 20.5. The minimum atomic E-state index is 0.277. The summed E-state index contributed by atoms with van der Waals surface area (Å²) in [6.45, 7) is 4.23. The van der Waals surface area contributed by atoms with Crippen LogP contribution in [-0.2, 0) is 6.54 Å². The molecule has 1 unspecified atom stereocenters. The van der Waals surface area contributed by atoms with Crippen molar-refractivity contribution in [2.75, 3.05) is 19.6 Å². The number of likely N-dealkylation sites (tertiary alicyclic amines) is 1.